The summed E-state index contributed by atoms with van der Waals surface area (Å²) in [5.41, 5.74) is 4.50. The maximum atomic E-state index is 12.2. The molecule has 0 aromatic heterocycles. The molecule has 0 fully saturated rings. The number of amides is 1. The number of benzene rings is 2. The lowest BCUT2D eigenvalue weighted by atomic mass is 10.1. The molecule has 0 unspecified atom stereocenters. The number of carbonyl (C=O) groups is 1. The minimum atomic E-state index is -0.523. The zero-order chi connectivity index (χ0) is 16.1. The summed E-state index contributed by atoms with van der Waals surface area (Å²) in [4.78, 5) is 12.2. The van der Waals surface area contributed by atoms with Crippen LogP contribution in [0.1, 0.15) is 29.2 Å². The fraction of sp³-hybridized carbons (Fsp3) is 0.316. The van der Waals surface area contributed by atoms with Crippen molar-refractivity contribution < 1.29 is 9.53 Å². The molecule has 2 aromatic rings. The van der Waals surface area contributed by atoms with Gasteiger partial charge in [-0.1, -0.05) is 42.0 Å². The van der Waals surface area contributed by atoms with Crippen molar-refractivity contribution in [3.63, 3.8) is 0 Å². The zero-order valence-electron chi connectivity index (χ0n) is 13.6. The summed E-state index contributed by atoms with van der Waals surface area (Å²) in [7, 11) is 0. The van der Waals surface area contributed by atoms with Crippen molar-refractivity contribution in [1.29, 1.82) is 0 Å². The van der Waals surface area contributed by atoms with Crippen molar-refractivity contribution in [3.05, 3.63) is 64.7 Å². The fourth-order valence-electron chi connectivity index (χ4n) is 2.25. The van der Waals surface area contributed by atoms with Gasteiger partial charge < -0.3 is 10.1 Å². The lowest BCUT2D eigenvalue weighted by molar-refractivity contribution is -0.127. The van der Waals surface area contributed by atoms with Crippen molar-refractivity contribution in [3.8, 4) is 5.75 Å². The first kappa shape index (κ1) is 16.1. The van der Waals surface area contributed by atoms with Crippen LogP contribution >= 0.6 is 0 Å². The van der Waals surface area contributed by atoms with Crippen molar-refractivity contribution in [1.82, 2.24) is 5.32 Å². The van der Waals surface area contributed by atoms with Crippen LogP contribution in [-0.2, 0) is 11.3 Å². The average Bonchev–Trinajstić information content (AvgIpc) is 2.49. The van der Waals surface area contributed by atoms with Gasteiger partial charge in [-0.25, -0.2) is 0 Å². The highest BCUT2D eigenvalue weighted by atomic mass is 16.5. The normalized spacial score (nSPS) is 11.8. The molecule has 0 radical (unpaired) electrons. The summed E-state index contributed by atoms with van der Waals surface area (Å²) < 4.78 is 5.79. The molecule has 116 valence electrons. The predicted octanol–water partition coefficient (Wildman–Crippen LogP) is 3.70. The van der Waals surface area contributed by atoms with Gasteiger partial charge in [0.2, 0.25) is 0 Å². The van der Waals surface area contributed by atoms with Crippen LogP contribution in [0.5, 0.6) is 5.75 Å². The van der Waals surface area contributed by atoms with Crippen LogP contribution in [0.25, 0.3) is 0 Å². The number of carbonyl (C=O) groups excluding carboxylic acids is 1. The first-order valence-electron chi connectivity index (χ1n) is 7.53. The third-order valence-corrected chi connectivity index (χ3v) is 3.78. The third-order valence-electron chi connectivity index (χ3n) is 3.78. The highest BCUT2D eigenvalue weighted by Gasteiger charge is 2.15. The van der Waals surface area contributed by atoms with E-state index in [-0.39, 0.29) is 5.91 Å². The van der Waals surface area contributed by atoms with Gasteiger partial charge in [0.05, 0.1) is 0 Å². The molecular formula is C19H23NO2. The summed E-state index contributed by atoms with van der Waals surface area (Å²) in [6, 6.07) is 14.0. The van der Waals surface area contributed by atoms with Gasteiger partial charge in [0.15, 0.2) is 6.10 Å². The van der Waals surface area contributed by atoms with Gasteiger partial charge in [-0.05, 0) is 50.5 Å². The maximum Gasteiger partial charge on any atom is 0.261 e. The van der Waals surface area contributed by atoms with Gasteiger partial charge in [-0.15, -0.1) is 0 Å². The van der Waals surface area contributed by atoms with Crippen LogP contribution in [0.4, 0.5) is 0 Å². The summed E-state index contributed by atoms with van der Waals surface area (Å²) in [5.74, 6) is 0.653. The summed E-state index contributed by atoms with van der Waals surface area (Å²) >= 11 is 0. The van der Waals surface area contributed by atoms with E-state index in [9.17, 15) is 4.79 Å². The number of aryl methyl sites for hydroxylation is 2. The Morgan fingerprint density at radius 3 is 2.59 bits per heavy atom. The van der Waals surface area contributed by atoms with E-state index in [1.54, 1.807) is 6.92 Å². The lowest BCUT2D eigenvalue weighted by Gasteiger charge is -2.17. The first-order valence-corrected chi connectivity index (χ1v) is 7.53. The van der Waals surface area contributed by atoms with Crippen LogP contribution in [0, 0.1) is 20.8 Å². The van der Waals surface area contributed by atoms with Gasteiger partial charge in [0.25, 0.3) is 5.91 Å². The molecule has 0 spiro atoms. The van der Waals surface area contributed by atoms with Crippen LogP contribution in [0.15, 0.2) is 42.5 Å². The van der Waals surface area contributed by atoms with E-state index in [1.165, 1.54) is 5.56 Å². The Hall–Kier alpha value is -2.29. The summed E-state index contributed by atoms with van der Waals surface area (Å²) in [6.07, 6.45) is -0.523. The second-order valence-electron chi connectivity index (χ2n) is 5.66. The van der Waals surface area contributed by atoms with Crippen LogP contribution in [0.2, 0.25) is 0 Å². The number of hydrogen-bond donors (Lipinski definition) is 1. The topological polar surface area (TPSA) is 38.3 Å². The molecule has 1 atom stereocenters. The van der Waals surface area contributed by atoms with Crippen LogP contribution < -0.4 is 10.1 Å². The number of ether oxygens (including phenoxy) is 1. The van der Waals surface area contributed by atoms with E-state index in [2.05, 4.69) is 11.4 Å². The highest BCUT2D eigenvalue weighted by Crippen LogP contribution is 2.21. The molecule has 3 nitrogen and oxygen atoms in total. The fourth-order valence-corrected chi connectivity index (χ4v) is 2.25. The first-order chi connectivity index (χ1) is 10.5. The molecule has 1 N–H and O–H groups in total. The Bertz CT molecular complexity index is 664. The van der Waals surface area contributed by atoms with Gasteiger partial charge >= 0.3 is 0 Å². The molecule has 0 aliphatic rings. The Morgan fingerprint density at radius 1 is 1.14 bits per heavy atom. The summed E-state index contributed by atoms with van der Waals surface area (Å²) in [6.45, 7) is 8.36. The van der Waals surface area contributed by atoms with E-state index >= 15 is 0 Å². The second kappa shape index (κ2) is 7.12. The smallest absolute Gasteiger partial charge is 0.261 e. The van der Waals surface area contributed by atoms with Crippen molar-refractivity contribution >= 4 is 5.91 Å². The Labute approximate surface area is 132 Å². The SMILES string of the molecule is Cc1cccc(CNC(=O)[C@@H](C)Oc2cccc(C)c2C)c1. The monoisotopic (exact) mass is 297 g/mol. The lowest BCUT2D eigenvalue weighted by Crippen LogP contribution is -2.36. The molecule has 0 heterocycles. The van der Waals surface area contributed by atoms with Crippen molar-refractivity contribution in [2.45, 2.75) is 40.3 Å². The number of rotatable bonds is 5. The highest BCUT2D eigenvalue weighted by molar-refractivity contribution is 5.80. The molecular weight excluding hydrogens is 274 g/mol. The molecule has 3 heteroatoms. The molecule has 2 rings (SSSR count). The van der Waals surface area contributed by atoms with Gasteiger partial charge in [-0.2, -0.15) is 0 Å². The van der Waals surface area contributed by atoms with E-state index in [4.69, 9.17) is 4.74 Å². The Morgan fingerprint density at radius 2 is 1.86 bits per heavy atom. The molecule has 0 saturated carbocycles. The molecule has 0 bridgehead atoms. The van der Waals surface area contributed by atoms with E-state index in [0.717, 1.165) is 22.4 Å². The Kier molecular flexibility index (Phi) is 5.21. The molecule has 1 amide bonds. The second-order valence-corrected chi connectivity index (χ2v) is 5.66. The zero-order valence-corrected chi connectivity index (χ0v) is 13.6. The Balaban J connectivity index is 1.93. The standard InChI is InChI=1S/C19H23NO2/c1-13-7-5-9-17(11-13)12-20-19(21)16(4)22-18-10-6-8-14(2)15(18)3/h5-11,16H,12H2,1-4H3,(H,20,21)/t16-/m1/s1. The van der Waals surface area contributed by atoms with Crippen LogP contribution in [-0.4, -0.2) is 12.0 Å². The minimum Gasteiger partial charge on any atom is -0.481 e. The van der Waals surface area contributed by atoms with Gasteiger partial charge in [0.1, 0.15) is 5.75 Å². The predicted molar refractivity (Wildman–Crippen MR) is 89.0 cm³/mol. The van der Waals surface area contributed by atoms with E-state index in [0.29, 0.717) is 6.54 Å². The van der Waals surface area contributed by atoms with Gasteiger partial charge in [-0.3, -0.25) is 4.79 Å². The van der Waals surface area contributed by atoms with E-state index in [1.807, 2.05) is 57.2 Å². The van der Waals surface area contributed by atoms with Gasteiger partial charge in [0, 0.05) is 6.54 Å². The summed E-state index contributed by atoms with van der Waals surface area (Å²) in [5, 5.41) is 2.92. The van der Waals surface area contributed by atoms with Crippen LogP contribution in [0.3, 0.4) is 0 Å². The molecule has 22 heavy (non-hydrogen) atoms. The largest absolute Gasteiger partial charge is 0.481 e. The molecule has 2 aromatic carbocycles. The quantitative estimate of drug-likeness (QED) is 0.914. The maximum absolute atomic E-state index is 12.2. The molecule has 0 aliphatic heterocycles. The minimum absolute atomic E-state index is 0.109. The van der Waals surface area contributed by atoms with E-state index < -0.39 is 6.10 Å². The molecule has 0 saturated heterocycles. The van der Waals surface area contributed by atoms with Crippen molar-refractivity contribution in [2.24, 2.45) is 0 Å². The number of nitrogens with one attached hydrogen (secondary N) is 1. The molecule has 0 aliphatic carbocycles. The number of hydrogen-bond acceptors (Lipinski definition) is 2. The van der Waals surface area contributed by atoms with Crippen molar-refractivity contribution in [2.75, 3.05) is 0 Å². The average molecular weight is 297 g/mol. The third kappa shape index (κ3) is 4.10.